The molecule has 2 aliphatic rings. The third kappa shape index (κ3) is 3.68. The largest absolute Gasteiger partial charge is 0.493 e. The van der Waals surface area contributed by atoms with Gasteiger partial charge >= 0.3 is 6.03 Å². The van der Waals surface area contributed by atoms with Crippen LogP contribution in [0.1, 0.15) is 38.7 Å². The van der Waals surface area contributed by atoms with Gasteiger partial charge in [-0.15, -0.1) is 0 Å². The van der Waals surface area contributed by atoms with Crippen molar-refractivity contribution in [3.8, 4) is 11.5 Å². The summed E-state index contributed by atoms with van der Waals surface area (Å²) in [7, 11) is 3.12. The Bertz CT molecular complexity index is 730. The van der Waals surface area contributed by atoms with Gasteiger partial charge < -0.3 is 19.7 Å². The van der Waals surface area contributed by atoms with Crippen molar-refractivity contribution in [1.29, 1.82) is 0 Å². The molecule has 0 radical (unpaired) electrons. The number of benzene rings is 1. The number of hydrogen-bond donors (Lipinski definition) is 1. The van der Waals surface area contributed by atoms with Gasteiger partial charge in [0, 0.05) is 5.56 Å². The third-order valence-corrected chi connectivity index (χ3v) is 6.06. The highest BCUT2D eigenvalue weighted by molar-refractivity contribution is 6.07. The molecule has 154 valence electrons. The molecule has 3 amide bonds. The molecule has 1 aromatic carbocycles. The lowest BCUT2D eigenvalue weighted by molar-refractivity contribution is -0.133. The fourth-order valence-electron chi connectivity index (χ4n) is 4.43. The summed E-state index contributed by atoms with van der Waals surface area (Å²) in [5.41, 5.74) is -0.103. The van der Waals surface area contributed by atoms with Crippen molar-refractivity contribution in [3.05, 3.63) is 23.8 Å². The fourth-order valence-corrected chi connectivity index (χ4v) is 4.43. The Morgan fingerprint density at radius 3 is 2.50 bits per heavy atom. The lowest BCUT2D eigenvalue weighted by Gasteiger charge is -2.38. The molecule has 0 aliphatic carbocycles. The van der Waals surface area contributed by atoms with Crippen LogP contribution in [-0.2, 0) is 11.3 Å². The Labute approximate surface area is 167 Å². The lowest BCUT2D eigenvalue weighted by atomic mass is 9.79. The highest BCUT2D eigenvalue weighted by Gasteiger charge is 2.52. The smallest absolute Gasteiger partial charge is 0.325 e. The first-order valence-corrected chi connectivity index (χ1v) is 10.0. The molecule has 0 saturated carbocycles. The number of nitrogens with zero attached hydrogens (tertiary/aromatic N) is 2. The summed E-state index contributed by atoms with van der Waals surface area (Å²) in [6.45, 7) is 7.25. The van der Waals surface area contributed by atoms with Crippen molar-refractivity contribution in [3.63, 3.8) is 0 Å². The Morgan fingerprint density at radius 1 is 1.18 bits per heavy atom. The molecule has 1 N–H and O–H groups in total. The molecule has 28 heavy (non-hydrogen) atoms. The second kappa shape index (κ2) is 8.39. The van der Waals surface area contributed by atoms with E-state index in [1.54, 1.807) is 20.3 Å². The minimum atomic E-state index is -0.846. The predicted molar refractivity (Wildman–Crippen MR) is 106 cm³/mol. The van der Waals surface area contributed by atoms with Gasteiger partial charge in [-0.2, -0.15) is 0 Å². The number of methoxy groups -OCH3 is 2. The van der Waals surface area contributed by atoms with E-state index >= 15 is 0 Å². The van der Waals surface area contributed by atoms with Crippen molar-refractivity contribution in [2.24, 2.45) is 5.92 Å². The molecule has 2 heterocycles. The van der Waals surface area contributed by atoms with E-state index in [-0.39, 0.29) is 24.4 Å². The molecule has 2 fully saturated rings. The fraction of sp³-hybridized carbons (Fsp3) is 0.619. The molecular formula is C21H31N3O4. The average molecular weight is 389 g/mol. The summed E-state index contributed by atoms with van der Waals surface area (Å²) in [6, 6.07) is 5.13. The van der Waals surface area contributed by atoms with Gasteiger partial charge in [-0.05, 0) is 57.8 Å². The second-order valence-electron chi connectivity index (χ2n) is 7.79. The Hall–Kier alpha value is -2.28. The molecule has 2 aliphatic heterocycles. The van der Waals surface area contributed by atoms with Crippen LogP contribution in [-0.4, -0.2) is 61.1 Å². The molecule has 0 bridgehead atoms. The summed E-state index contributed by atoms with van der Waals surface area (Å²) in [5.74, 6) is 1.12. The number of urea groups is 1. The van der Waals surface area contributed by atoms with E-state index in [2.05, 4.69) is 17.1 Å². The van der Waals surface area contributed by atoms with Gasteiger partial charge in [-0.3, -0.25) is 9.69 Å². The highest BCUT2D eigenvalue weighted by Crippen LogP contribution is 2.36. The number of hydrogen-bond acceptors (Lipinski definition) is 5. The zero-order chi connectivity index (χ0) is 20.3. The number of para-hydroxylation sites is 1. The zero-order valence-electron chi connectivity index (χ0n) is 17.3. The normalized spacial score (nSPS) is 23.8. The van der Waals surface area contributed by atoms with E-state index in [1.807, 2.05) is 19.1 Å². The number of amides is 3. The standard InChI is InChI=1S/C21H31N3O4/c1-5-11-23-12-9-16(10-13-23)21(2)19(25)24(20(26)22-21)14-15-7-6-8-17(27-3)18(15)28-4/h6-8,16H,5,9-14H2,1-4H3,(H,22,26). The second-order valence-corrected chi connectivity index (χ2v) is 7.79. The Morgan fingerprint density at radius 2 is 1.89 bits per heavy atom. The summed E-state index contributed by atoms with van der Waals surface area (Å²) in [4.78, 5) is 29.7. The van der Waals surface area contributed by atoms with Gasteiger partial charge in [0.05, 0.1) is 20.8 Å². The first-order chi connectivity index (χ1) is 13.4. The van der Waals surface area contributed by atoms with Crippen LogP contribution in [0, 0.1) is 5.92 Å². The maximum absolute atomic E-state index is 13.3. The maximum Gasteiger partial charge on any atom is 0.325 e. The molecular weight excluding hydrogens is 358 g/mol. The zero-order valence-corrected chi connectivity index (χ0v) is 17.3. The molecule has 0 spiro atoms. The van der Waals surface area contributed by atoms with Gasteiger partial charge in [0.2, 0.25) is 0 Å². The summed E-state index contributed by atoms with van der Waals surface area (Å²) >= 11 is 0. The van der Waals surface area contributed by atoms with Gasteiger partial charge in [-0.1, -0.05) is 19.1 Å². The van der Waals surface area contributed by atoms with Crippen LogP contribution in [0.2, 0.25) is 0 Å². The van der Waals surface area contributed by atoms with Gasteiger partial charge in [0.25, 0.3) is 5.91 Å². The molecule has 3 rings (SSSR count). The number of carbonyl (C=O) groups excluding carboxylic acids is 2. The van der Waals surface area contributed by atoms with Gasteiger partial charge in [0.15, 0.2) is 11.5 Å². The van der Waals surface area contributed by atoms with Crippen LogP contribution < -0.4 is 14.8 Å². The van der Waals surface area contributed by atoms with Crippen molar-refractivity contribution >= 4 is 11.9 Å². The first-order valence-electron chi connectivity index (χ1n) is 10.0. The molecule has 7 heteroatoms. The molecule has 0 aromatic heterocycles. The Balaban J connectivity index is 1.75. The lowest BCUT2D eigenvalue weighted by Crippen LogP contribution is -2.54. The summed E-state index contributed by atoms with van der Waals surface area (Å²) < 4.78 is 10.8. The number of ether oxygens (including phenoxy) is 2. The number of piperidine rings is 1. The molecule has 1 aromatic rings. The minimum absolute atomic E-state index is 0.147. The first kappa shape index (κ1) is 20.5. The Kier molecular flexibility index (Phi) is 6.13. The van der Waals surface area contributed by atoms with Crippen LogP contribution in [0.5, 0.6) is 11.5 Å². The van der Waals surface area contributed by atoms with Crippen LogP contribution in [0.25, 0.3) is 0 Å². The molecule has 1 atom stereocenters. The van der Waals surface area contributed by atoms with Crippen LogP contribution >= 0.6 is 0 Å². The molecule has 7 nitrogen and oxygen atoms in total. The number of nitrogens with one attached hydrogen (secondary N) is 1. The number of imide groups is 1. The average Bonchev–Trinajstić information content (AvgIpc) is 2.92. The number of rotatable bonds is 7. The van der Waals surface area contributed by atoms with E-state index in [0.29, 0.717) is 11.5 Å². The van der Waals surface area contributed by atoms with E-state index in [4.69, 9.17) is 9.47 Å². The molecule has 1 unspecified atom stereocenters. The summed E-state index contributed by atoms with van der Waals surface area (Å²) in [5, 5.41) is 2.98. The number of likely N-dealkylation sites (tertiary alicyclic amines) is 1. The third-order valence-electron chi connectivity index (χ3n) is 6.06. The van der Waals surface area contributed by atoms with Crippen LogP contribution in [0.15, 0.2) is 18.2 Å². The van der Waals surface area contributed by atoms with Crippen molar-refractivity contribution in [1.82, 2.24) is 15.1 Å². The van der Waals surface area contributed by atoms with Crippen LogP contribution in [0.4, 0.5) is 4.79 Å². The van der Waals surface area contributed by atoms with E-state index in [9.17, 15) is 9.59 Å². The minimum Gasteiger partial charge on any atom is -0.493 e. The molecule has 2 saturated heterocycles. The van der Waals surface area contributed by atoms with E-state index in [1.165, 1.54) is 4.90 Å². The van der Waals surface area contributed by atoms with Gasteiger partial charge in [-0.25, -0.2) is 4.79 Å². The quantitative estimate of drug-likeness (QED) is 0.726. The summed E-state index contributed by atoms with van der Waals surface area (Å²) in [6.07, 6.45) is 2.96. The van der Waals surface area contributed by atoms with Crippen molar-refractivity contribution < 1.29 is 19.1 Å². The van der Waals surface area contributed by atoms with E-state index in [0.717, 1.165) is 44.5 Å². The number of carbonyl (C=O) groups is 2. The maximum atomic E-state index is 13.3. The SMILES string of the molecule is CCCN1CCC(C2(C)NC(=O)N(Cc3cccc(OC)c3OC)C2=O)CC1. The van der Waals surface area contributed by atoms with Crippen molar-refractivity contribution in [2.45, 2.75) is 45.2 Å². The monoisotopic (exact) mass is 389 g/mol. The highest BCUT2D eigenvalue weighted by atomic mass is 16.5. The van der Waals surface area contributed by atoms with Gasteiger partial charge in [0.1, 0.15) is 5.54 Å². The van der Waals surface area contributed by atoms with Crippen LogP contribution in [0.3, 0.4) is 0 Å². The topological polar surface area (TPSA) is 71.1 Å². The predicted octanol–water partition coefficient (Wildman–Crippen LogP) is 2.64. The van der Waals surface area contributed by atoms with Crippen molar-refractivity contribution in [2.75, 3.05) is 33.9 Å². The van der Waals surface area contributed by atoms with E-state index < -0.39 is 5.54 Å².